The highest BCUT2D eigenvalue weighted by atomic mass is 16.4. The van der Waals surface area contributed by atoms with Gasteiger partial charge in [0.05, 0.1) is 6.21 Å². The standard InChI is InChI=1S/C13H16N2O/c16-14-9-10-7-11-3-1-5-15-6-2-4-12(8-10)13(11)15/h7-9,16H,1-6H2/b14-9-. The Kier molecular flexibility index (Phi) is 2.31. The van der Waals surface area contributed by atoms with Crippen LogP contribution < -0.4 is 4.90 Å². The van der Waals surface area contributed by atoms with E-state index >= 15 is 0 Å². The van der Waals surface area contributed by atoms with Crippen LogP contribution in [0.4, 0.5) is 5.69 Å². The normalized spacial score (nSPS) is 18.9. The van der Waals surface area contributed by atoms with E-state index in [1.54, 1.807) is 0 Å². The van der Waals surface area contributed by atoms with E-state index in [4.69, 9.17) is 5.21 Å². The maximum atomic E-state index is 8.61. The summed E-state index contributed by atoms with van der Waals surface area (Å²) in [5.74, 6) is 0. The molecule has 0 atom stereocenters. The van der Waals surface area contributed by atoms with Gasteiger partial charge in [-0.15, -0.1) is 0 Å². The number of hydrogen-bond acceptors (Lipinski definition) is 3. The molecule has 0 spiro atoms. The molecule has 3 rings (SSSR count). The number of benzene rings is 1. The third-order valence-electron chi connectivity index (χ3n) is 3.56. The van der Waals surface area contributed by atoms with Crippen LogP contribution >= 0.6 is 0 Å². The molecule has 0 bridgehead atoms. The maximum Gasteiger partial charge on any atom is 0.0734 e. The van der Waals surface area contributed by atoms with Gasteiger partial charge in [0.2, 0.25) is 0 Å². The number of oxime groups is 1. The first kappa shape index (κ1) is 9.70. The van der Waals surface area contributed by atoms with Crippen molar-refractivity contribution in [1.29, 1.82) is 0 Å². The fourth-order valence-electron chi connectivity index (χ4n) is 2.97. The van der Waals surface area contributed by atoms with Gasteiger partial charge in [-0.3, -0.25) is 0 Å². The SMILES string of the molecule is O/N=C\c1cc2c3c(c1)CCCN3CCC2. The summed E-state index contributed by atoms with van der Waals surface area (Å²) in [5.41, 5.74) is 5.35. The van der Waals surface area contributed by atoms with E-state index in [9.17, 15) is 0 Å². The summed E-state index contributed by atoms with van der Waals surface area (Å²) in [7, 11) is 0. The van der Waals surface area contributed by atoms with E-state index in [1.165, 1.54) is 49.0 Å². The first-order valence-corrected chi connectivity index (χ1v) is 5.96. The fraction of sp³-hybridized carbons (Fsp3) is 0.462. The van der Waals surface area contributed by atoms with Gasteiger partial charge in [-0.25, -0.2) is 0 Å². The van der Waals surface area contributed by atoms with Crippen molar-refractivity contribution < 1.29 is 5.21 Å². The third kappa shape index (κ3) is 1.47. The molecule has 0 fully saturated rings. The van der Waals surface area contributed by atoms with Crippen molar-refractivity contribution >= 4 is 11.9 Å². The van der Waals surface area contributed by atoms with Crippen molar-refractivity contribution in [2.75, 3.05) is 18.0 Å². The highest BCUT2D eigenvalue weighted by Crippen LogP contribution is 2.35. The monoisotopic (exact) mass is 216 g/mol. The molecule has 1 aromatic carbocycles. The zero-order chi connectivity index (χ0) is 11.0. The molecule has 3 heteroatoms. The maximum absolute atomic E-state index is 8.61. The molecule has 2 aliphatic rings. The summed E-state index contributed by atoms with van der Waals surface area (Å²) in [6.45, 7) is 2.40. The zero-order valence-electron chi connectivity index (χ0n) is 9.32. The minimum Gasteiger partial charge on any atom is -0.411 e. The molecule has 0 saturated carbocycles. The van der Waals surface area contributed by atoms with Gasteiger partial charge < -0.3 is 10.1 Å². The number of aryl methyl sites for hydroxylation is 2. The quantitative estimate of drug-likeness (QED) is 0.444. The van der Waals surface area contributed by atoms with Crippen molar-refractivity contribution in [1.82, 2.24) is 0 Å². The van der Waals surface area contributed by atoms with E-state index in [0.717, 1.165) is 18.4 Å². The van der Waals surface area contributed by atoms with Gasteiger partial charge in [0.25, 0.3) is 0 Å². The smallest absolute Gasteiger partial charge is 0.0734 e. The Morgan fingerprint density at radius 2 is 1.75 bits per heavy atom. The average molecular weight is 216 g/mol. The minimum absolute atomic E-state index is 1.03. The molecule has 2 aliphatic heterocycles. The van der Waals surface area contributed by atoms with Crippen molar-refractivity contribution in [2.24, 2.45) is 5.16 Å². The first-order valence-electron chi connectivity index (χ1n) is 5.96. The van der Waals surface area contributed by atoms with Gasteiger partial charge in [0, 0.05) is 18.8 Å². The Morgan fingerprint density at radius 1 is 1.12 bits per heavy atom. The molecule has 0 saturated heterocycles. The summed E-state index contributed by atoms with van der Waals surface area (Å²) in [6.07, 6.45) is 6.33. The molecule has 16 heavy (non-hydrogen) atoms. The zero-order valence-corrected chi connectivity index (χ0v) is 9.32. The van der Waals surface area contributed by atoms with Gasteiger partial charge in [0.1, 0.15) is 0 Å². The van der Waals surface area contributed by atoms with E-state index < -0.39 is 0 Å². The molecule has 3 nitrogen and oxygen atoms in total. The van der Waals surface area contributed by atoms with Crippen LogP contribution in [-0.4, -0.2) is 24.5 Å². The lowest BCUT2D eigenvalue weighted by Gasteiger charge is -2.37. The van der Waals surface area contributed by atoms with Crippen LogP contribution in [0.2, 0.25) is 0 Å². The lowest BCUT2D eigenvalue weighted by molar-refractivity contribution is 0.322. The fourth-order valence-corrected chi connectivity index (χ4v) is 2.97. The Hall–Kier alpha value is -1.51. The number of anilines is 1. The van der Waals surface area contributed by atoms with Gasteiger partial charge in [-0.2, -0.15) is 0 Å². The van der Waals surface area contributed by atoms with Crippen LogP contribution in [0.5, 0.6) is 0 Å². The summed E-state index contributed by atoms with van der Waals surface area (Å²) < 4.78 is 0. The largest absolute Gasteiger partial charge is 0.411 e. The molecule has 84 valence electrons. The summed E-state index contributed by atoms with van der Waals surface area (Å²) in [5, 5.41) is 11.7. The molecule has 2 heterocycles. The second-order valence-corrected chi connectivity index (χ2v) is 4.63. The highest BCUT2D eigenvalue weighted by Gasteiger charge is 2.23. The molecule has 1 N–H and O–H groups in total. The van der Waals surface area contributed by atoms with Crippen molar-refractivity contribution in [2.45, 2.75) is 25.7 Å². The van der Waals surface area contributed by atoms with Crippen LogP contribution in [0, 0.1) is 0 Å². The van der Waals surface area contributed by atoms with E-state index in [2.05, 4.69) is 22.2 Å². The van der Waals surface area contributed by atoms with Crippen LogP contribution in [-0.2, 0) is 12.8 Å². The van der Waals surface area contributed by atoms with E-state index in [1.807, 2.05) is 0 Å². The van der Waals surface area contributed by atoms with Crippen LogP contribution in [0.25, 0.3) is 0 Å². The van der Waals surface area contributed by atoms with Gasteiger partial charge in [-0.1, -0.05) is 5.16 Å². The molecule has 1 aromatic rings. The third-order valence-corrected chi connectivity index (χ3v) is 3.56. The van der Waals surface area contributed by atoms with Crippen molar-refractivity contribution in [3.8, 4) is 0 Å². The van der Waals surface area contributed by atoms with Crippen LogP contribution in [0.3, 0.4) is 0 Å². The molecule has 0 amide bonds. The summed E-state index contributed by atoms with van der Waals surface area (Å²) in [4.78, 5) is 2.51. The van der Waals surface area contributed by atoms with Crippen molar-refractivity contribution in [3.05, 3.63) is 28.8 Å². The predicted molar refractivity (Wildman–Crippen MR) is 64.7 cm³/mol. The summed E-state index contributed by atoms with van der Waals surface area (Å²) >= 11 is 0. The second kappa shape index (κ2) is 3.81. The molecule has 0 aromatic heterocycles. The predicted octanol–water partition coefficient (Wildman–Crippen LogP) is 2.19. The van der Waals surface area contributed by atoms with E-state index in [0.29, 0.717) is 0 Å². The van der Waals surface area contributed by atoms with Gasteiger partial charge >= 0.3 is 0 Å². The first-order chi connectivity index (χ1) is 7.88. The lowest BCUT2D eigenvalue weighted by atomic mass is 9.90. The Bertz CT molecular complexity index is 409. The van der Waals surface area contributed by atoms with Gasteiger partial charge in [0.15, 0.2) is 0 Å². The van der Waals surface area contributed by atoms with Gasteiger partial charge in [-0.05, 0) is 54.5 Å². The van der Waals surface area contributed by atoms with E-state index in [-0.39, 0.29) is 0 Å². The van der Waals surface area contributed by atoms with Crippen molar-refractivity contribution in [3.63, 3.8) is 0 Å². The van der Waals surface area contributed by atoms with Crippen LogP contribution in [0.15, 0.2) is 17.3 Å². The Morgan fingerprint density at radius 3 is 2.31 bits per heavy atom. The van der Waals surface area contributed by atoms with Crippen LogP contribution in [0.1, 0.15) is 29.5 Å². The molecule has 0 aliphatic carbocycles. The number of rotatable bonds is 1. The average Bonchev–Trinajstić information content (AvgIpc) is 2.30. The molecule has 0 radical (unpaired) electrons. The molecular weight excluding hydrogens is 200 g/mol. The Labute approximate surface area is 95.4 Å². The molecular formula is C13H16N2O. The Balaban J connectivity index is 2.13. The topological polar surface area (TPSA) is 35.8 Å². The number of hydrogen-bond donors (Lipinski definition) is 1. The lowest BCUT2D eigenvalue weighted by Crippen LogP contribution is -2.34. The summed E-state index contributed by atoms with van der Waals surface area (Å²) in [6, 6.07) is 4.33. The second-order valence-electron chi connectivity index (χ2n) is 4.63. The minimum atomic E-state index is 1.03. The molecule has 0 unspecified atom stereocenters. The highest BCUT2D eigenvalue weighted by molar-refractivity contribution is 5.82. The number of nitrogens with zero attached hydrogens (tertiary/aromatic N) is 2.